The summed E-state index contributed by atoms with van der Waals surface area (Å²) in [6.07, 6.45) is 5.39. The molecule has 2 heterocycles. The lowest BCUT2D eigenvalue weighted by Crippen LogP contribution is -2.60. The second-order valence-corrected chi connectivity index (χ2v) is 16.8. The predicted molar refractivity (Wildman–Crippen MR) is 226 cm³/mol. The average Bonchev–Trinajstić information content (AvgIpc) is 4.05. The van der Waals surface area contributed by atoms with E-state index in [9.17, 15) is 19.2 Å². The number of benzene rings is 4. The molecule has 4 aromatic carbocycles. The molecule has 2 fully saturated rings. The SMILES string of the molecule is CN(C)C1(C(=O)N2CCC[C@@H]2C(=O)Nc2ccc(C#Cc3ccc(NC(=O)[C@@H]4CCCN4C(=O)C4(N(C)C)Cc5ccccc5C4)cc3)cc2)Cc2ccccc2C1. The largest absolute Gasteiger partial charge is 0.329 e. The molecular formula is C48H52N6O4. The third-order valence-electron chi connectivity index (χ3n) is 13.0. The fraction of sp³-hybridized carbons (Fsp3) is 0.375. The molecule has 2 N–H and O–H groups in total. The number of nitrogens with zero attached hydrogens (tertiary/aromatic N) is 4. The number of nitrogens with one attached hydrogen (secondary N) is 2. The van der Waals surface area contributed by atoms with Crippen molar-refractivity contribution in [3.8, 4) is 11.8 Å². The first-order chi connectivity index (χ1) is 28.0. The molecule has 2 aliphatic heterocycles. The number of fused-ring (bicyclic) bond motifs is 2. The highest BCUT2D eigenvalue weighted by atomic mass is 16.2. The quantitative estimate of drug-likeness (QED) is 0.240. The molecule has 58 heavy (non-hydrogen) atoms. The van der Waals surface area contributed by atoms with Gasteiger partial charge in [0.2, 0.25) is 23.6 Å². The number of carbonyl (C=O) groups is 4. The maximum absolute atomic E-state index is 14.2. The minimum Gasteiger partial charge on any atom is -0.329 e. The molecule has 0 aromatic heterocycles. The van der Waals surface area contributed by atoms with Crippen molar-refractivity contribution in [2.24, 2.45) is 0 Å². The van der Waals surface area contributed by atoms with E-state index in [2.05, 4.69) is 46.7 Å². The van der Waals surface area contributed by atoms with Gasteiger partial charge in [0, 0.05) is 61.3 Å². The highest BCUT2D eigenvalue weighted by molar-refractivity contribution is 6.00. The third kappa shape index (κ3) is 7.29. The highest BCUT2D eigenvalue weighted by Crippen LogP contribution is 2.38. The zero-order chi connectivity index (χ0) is 40.6. The Bertz CT molecular complexity index is 2080. The molecule has 2 atom stereocenters. The van der Waals surface area contributed by atoms with E-state index in [0.717, 1.165) is 24.0 Å². The van der Waals surface area contributed by atoms with Gasteiger partial charge in [-0.25, -0.2) is 0 Å². The average molecular weight is 777 g/mol. The summed E-state index contributed by atoms with van der Waals surface area (Å²) >= 11 is 0. The number of hydrogen-bond donors (Lipinski definition) is 2. The Morgan fingerprint density at radius 3 is 1.17 bits per heavy atom. The standard InChI is InChI=1S/C48H52N6O4/c1-51(2)47(29-35-11-5-6-12-36(35)30-47)45(57)53-27-9-15-41(53)43(55)49-39-23-19-33(20-24-39)17-18-34-21-25-40(26-22-34)50-44(56)42-16-10-28-54(42)46(58)48(52(3)4)31-37-13-7-8-14-38(37)32-48/h5-8,11-14,19-26,41-42H,9-10,15-16,27-32H2,1-4H3,(H,49,55)(H,50,56)/t41-,42+. The van der Waals surface area contributed by atoms with E-state index in [-0.39, 0.29) is 23.6 Å². The molecule has 0 saturated carbocycles. The van der Waals surface area contributed by atoms with E-state index < -0.39 is 23.2 Å². The minimum atomic E-state index is -0.695. The van der Waals surface area contributed by atoms with Gasteiger partial charge in [-0.05, 0) is 125 Å². The summed E-state index contributed by atoms with van der Waals surface area (Å²) in [6.45, 7) is 1.14. The minimum absolute atomic E-state index is 0.0175. The fourth-order valence-electron chi connectivity index (χ4n) is 9.48. The molecule has 10 nitrogen and oxygen atoms in total. The van der Waals surface area contributed by atoms with Crippen molar-refractivity contribution in [1.82, 2.24) is 19.6 Å². The smallest absolute Gasteiger partial charge is 0.247 e. The Morgan fingerprint density at radius 1 is 0.534 bits per heavy atom. The van der Waals surface area contributed by atoms with E-state index in [1.54, 1.807) is 9.80 Å². The van der Waals surface area contributed by atoms with E-state index >= 15 is 0 Å². The number of amides is 4. The van der Waals surface area contributed by atoms with Crippen LogP contribution in [0.1, 0.15) is 59.1 Å². The maximum atomic E-state index is 14.2. The Balaban J connectivity index is 0.860. The molecule has 298 valence electrons. The number of hydrogen-bond acceptors (Lipinski definition) is 6. The first-order valence-electron chi connectivity index (χ1n) is 20.4. The van der Waals surface area contributed by atoms with Gasteiger partial charge in [0.15, 0.2) is 0 Å². The Kier molecular flexibility index (Phi) is 10.7. The van der Waals surface area contributed by atoms with Crippen molar-refractivity contribution in [2.45, 2.75) is 74.5 Å². The monoisotopic (exact) mass is 776 g/mol. The van der Waals surface area contributed by atoms with Gasteiger partial charge in [0.05, 0.1) is 0 Å². The van der Waals surface area contributed by atoms with Gasteiger partial charge in [-0.1, -0.05) is 60.4 Å². The van der Waals surface area contributed by atoms with E-state index in [1.165, 1.54) is 22.3 Å². The predicted octanol–water partition coefficient (Wildman–Crippen LogP) is 5.14. The first-order valence-corrected chi connectivity index (χ1v) is 20.4. The topological polar surface area (TPSA) is 105 Å². The lowest BCUT2D eigenvalue weighted by atomic mass is 9.91. The van der Waals surface area contributed by atoms with Crippen molar-refractivity contribution in [3.63, 3.8) is 0 Å². The second kappa shape index (κ2) is 15.9. The molecule has 0 unspecified atom stereocenters. The lowest BCUT2D eigenvalue weighted by Gasteiger charge is -2.39. The molecule has 0 spiro atoms. The van der Waals surface area contributed by atoms with Crippen LogP contribution in [0.4, 0.5) is 11.4 Å². The second-order valence-electron chi connectivity index (χ2n) is 16.8. The maximum Gasteiger partial charge on any atom is 0.247 e. The summed E-state index contributed by atoms with van der Waals surface area (Å²) in [5, 5.41) is 6.08. The molecule has 10 heteroatoms. The molecule has 8 rings (SSSR count). The number of carbonyl (C=O) groups excluding carboxylic acids is 4. The number of likely N-dealkylation sites (N-methyl/N-ethyl adjacent to an activating group) is 2. The molecule has 0 bridgehead atoms. The number of anilines is 2. The number of rotatable bonds is 8. The lowest BCUT2D eigenvalue weighted by molar-refractivity contribution is -0.146. The van der Waals surface area contributed by atoms with Crippen molar-refractivity contribution >= 4 is 35.0 Å². The Hall–Kier alpha value is -5.76. The van der Waals surface area contributed by atoms with Crippen LogP contribution in [0.3, 0.4) is 0 Å². The van der Waals surface area contributed by atoms with Crippen molar-refractivity contribution < 1.29 is 19.2 Å². The summed E-state index contributed by atoms with van der Waals surface area (Å²) < 4.78 is 0. The number of likely N-dealkylation sites (tertiary alicyclic amines) is 2. The van der Waals surface area contributed by atoms with Crippen LogP contribution in [0.25, 0.3) is 0 Å². The van der Waals surface area contributed by atoms with Gasteiger partial charge in [-0.3, -0.25) is 29.0 Å². The normalized spacial score (nSPS) is 20.0. The molecule has 2 aliphatic carbocycles. The highest BCUT2D eigenvalue weighted by Gasteiger charge is 2.52. The fourth-order valence-corrected chi connectivity index (χ4v) is 9.48. The summed E-state index contributed by atoms with van der Waals surface area (Å²) in [5.74, 6) is 6.06. The molecule has 4 amide bonds. The van der Waals surface area contributed by atoms with Gasteiger partial charge in [-0.2, -0.15) is 0 Å². The summed E-state index contributed by atoms with van der Waals surface area (Å²) in [4.78, 5) is 63.2. The van der Waals surface area contributed by atoms with Crippen LogP contribution in [0.5, 0.6) is 0 Å². The molecule has 2 saturated heterocycles. The van der Waals surface area contributed by atoms with Crippen LogP contribution in [0.15, 0.2) is 97.1 Å². The zero-order valence-corrected chi connectivity index (χ0v) is 33.9. The Labute approximate surface area is 341 Å². The van der Waals surface area contributed by atoms with Gasteiger partial charge < -0.3 is 20.4 Å². The zero-order valence-electron chi connectivity index (χ0n) is 33.9. The van der Waals surface area contributed by atoms with E-state index in [1.807, 2.05) is 111 Å². The van der Waals surface area contributed by atoms with Crippen LogP contribution in [-0.2, 0) is 44.9 Å². The molecule has 4 aromatic rings. The van der Waals surface area contributed by atoms with Gasteiger partial charge >= 0.3 is 0 Å². The molecular weight excluding hydrogens is 725 g/mol. The summed E-state index contributed by atoms with van der Waals surface area (Å²) in [6, 6.07) is 30.2. The van der Waals surface area contributed by atoms with Crippen molar-refractivity contribution in [3.05, 3.63) is 130 Å². The summed E-state index contributed by atoms with van der Waals surface area (Å²) in [7, 11) is 7.84. The van der Waals surface area contributed by atoms with Crippen LogP contribution in [0, 0.1) is 11.8 Å². The molecule has 4 aliphatic rings. The van der Waals surface area contributed by atoms with Crippen LogP contribution < -0.4 is 10.6 Å². The van der Waals surface area contributed by atoms with Crippen LogP contribution >= 0.6 is 0 Å². The molecule has 0 radical (unpaired) electrons. The van der Waals surface area contributed by atoms with E-state index in [0.29, 0.717) is 63.0 Å². The van der Waals surface area contributed by atoms with Crippen molar-refractivity contribution in [1.29, 1.82) is 0 Å². The van der Waals surface area contributed by atoms with Crippen LogP contribution in [0.2, 0.25) is 0 Å². The van der Waals surface area contributed by atoms with Crippen LogP contribution in [-0.4, -0.2) is 108 Å². The third-order valence-corrected chi connectivity index (χ3v) is 13.0. The Morgan fingerprint density at radius 2 is 0.862 bits per heavy atom. The first kappa shape index (κ1) is 39.1. The van der Waals surface area contributed by atoms with Gasteiger partial charge in [0.1, 0.15) is 23.2 Å². The van der Waals surface area contributed by atoms with Gasteiger partial charge in [0.25, 0.3) is 0 Å². The summed E-state index contributed by atoms with van der Waals surface area (Å²) in [5.41, 5.74) is 6.26. The van der Waals surface area contributed by atoms with Gasteiger partial charge in [-0.15, -0.1) is 0 Å². The van der Waals surface area contributed by atoms with Crippen molar-refractivity contribution in [2.75, 3.05) is 51.9 Å². The van der Waals surface area contributed by atoms with E-state index in [4.69, 9.17) is 0 Å².